The van der Waals surface area contributed by atoms with Crippen LogP contribution in [0.25, 0.3) is 0 Å². The molecular formula is C17H27N3O. The van der Waals surface area contributed by atoms with Gasteiger partial charge in [-0.05, 0) is 57.0 Å². The molecule has 4 heteroatoms. The number of hydrogen-bond donors (Lipinski definition) is 1. The van der Waals surface area contributed by atoms with Crippen LogP contribution in [0.3, 0.4) is 0 Å². The first-order valence-corrected chi connectivity index (χ1v) is 7.74. The minimum absolute atomic E-state index is 0.133. The van der Waals surface area contributed by atoms with Gasteiger partial charge in [0.05, 0.1) is 0 Å². The van der Waals surface area contributed by atoms with E-state index in [1.807, 2.05) is 62.3 Å². The largest absolute Gasteiger partial charge is 0.378 e. The average Bonchev–Trinajstić information content (AvgIpc) is 2.53. The minimum atomic E-state index is 0.133. The molecule has 4 nitrogen and oxygen atoms in total. The van der Waals surface area contributed by atoms with Crippen molar-refractivity contribution in [2.24, 2.45) is 0 Å². The van der Waals surface area contributed by atoms with Gasteiger partial charge in [-0.15, -0.1) is 0 Å². The Hall–Kier alpha value is -1.55. The lowest BCUT2D eigenvalue weighted by Crippen LogP contribution is -2.42. The quantitative estimate of drug-likeness (QED) is 0.924. The smallest absolute Gasteiger partial charge is 0.253 e. The summed E-state index contributed by atoms with van der Waals surface area (Å²) in [5, 5.41) is 3.33. The van der Waals surface area contributed by atoms with Gasteiger partial charge in [0, 0.05) is 44.5 Å². The fourth-order valence-electron chi connectivity index (χ4n) is 3.02. The van der Waals surface area contributed by atoms with Crippen molar-refractivity contribution in [1.29, 1.82) is 0 Å². The predicted molar refractivity (Wildman–Crippen MR) is 88.0 cm³/mol. The van der Waals surface area contributed by atoms with E-state index in [0.29, 0.717) is 12.1 Å². The first-order chi connectivity index (χ1) is 10.0. The zero-order valence-electron chi connectivity index (χ0n) is 13.6. The van der Waals surface area contributed by atoms with E-state index in [9.17, 15) is 4.79 Å². The molecule has 2 rings (SSSR count). The SMILES string of the molecule is CNC1CCC(N(C)C(=O)c2ccc(N(C)C)cc2)CC1. The number of nitrogens with zero attached hydrogens (tertiary/aromatic N) is 2. The van der Waals surface area contributed by atoms with Crippen molar-refractivity contribution in [3.05, 3.63) is 29.8 Å². The summed E-state index contributed by atoms with van der Waals surface area (Å²) in [5.74, 6) is 0.133. The van der Waals surface area contributed by atoms with Crippen LogP contribution in [0.1, 0.15) is 36.0 Å². The maximum atomic E-state index is 12.6. The molecule has 0 aliphatic heterocycles. The lowest BCUT2D eigenvalue weighted by Gasteiger charge is -2.34. The Labute approximate surface area is 128 Å². The van der Waals surface area contributed by atoms with Crippen molar-refractivity contribution in [2.45, 2.75) is 37.8 Å². The van der Waals surface area contributed by atoms with Gasteiger partial charge in [0.2, 0.25) is 0 Å². The van der Waals surface area contributed by atoms with Crippen LogP contribution in [-0.2, 0) is 0 Å². The van der Waals surface area contributed by atoms with Gasteiger partial charge in [-0.2, -0.15) is 0 Å². The molecule has 1 N–H and O–H groups in total. The summed E-state index contributed by atoms with van der Waals surface area (Å²) in [7, 11) is 7.96. The molecule has 1 aromatic carbocycles. The summed E-state index contributed by atoms with van der Waals surface area (Å²) < 4.78 is 0. The molecule has 1 saturated carbocycles. The van der Waals surface area contributed by atoms with Crippen molar-refractivity contribution >= 4 is 11.6 Å². The molecule has 21 heavy (non-hydrogen) atoms. The second kappa shape index (κ2) is 6.94. The van der Waals surface area contributed by atoms with Gasteiger partial charge in [-0.1, -0.05) is 0 Å². The van der Waals surface area contributed by atoms with E-state index >= 15 is 0 Å². The standard InChI is InChI=1S/C17H27N3O/c1-18-14-7-11-16(12-8-14)20(4)17(21)13-5-9-15(10-6-13)19(2)3/h5-6,9-10,14,16,18H,7-8,11-12H2,1-4H3. The third-order valence-electron chi connectivity index (χ3n) is 4.60. The normalized spacial score (nSPS) is 21.9. The van der Waals surface area contributed by atoms with Gasteiger partial charge in [0.1, 0.15) is 0 Å². The van der Waals surface area contributed by atoms with E-state index < -0.39 is 0 Å². The van der Waals surface area contributed by atoms with E-state index in [2.05, 4.69) is 5.32 Å². The molecule has 1 fully saturated rings. The average molecular weight is 289 g/mol. The van der Waals surface area contributed by atoms with Crippen molar-refractivity contribution in [3.8, 4) is 0 Å². The monoisotopic (exact) mass is 289 g/mol. The highest BCUT2D eigenvalue weighted by molar-refractivity contribution is 5.94. The lowest BCUT2D eigenvalue weighted by molar-refractivity contribution is 0.0686. The maximum Gasteiger partial charge on any atom is 0.253 e. The van der Waals surface area contributed by atoms with E-state index in [1.165, 1.54) is 0 Å². The second-order valence-electron chi connectivity index (χ2n) is 6.15. The van der Waals surface area contributed by atoms with Crippen LogP contribution in [0.15, 0.2) is 24.3 Å². The number of hydrogen-bond acceptors (Lipinski definition) is 3. The first kappa shape index (κ1) is 15.8. The van der Waals surface area contributed by atoms with Crippen molar-refractivity contribution in [1.82, 2.24) is 10.2 Å². The number of carbonyl (C=O) groups is 1. The van der Waals surface area contributed by atoms with Crippen LogP contribution in [0.2, 0.25) is 0 Å². The summed E-state index contributed by atoms with van der Waals surface area (Å²) in [6, 6.07) is 8.83. The van der Waals surface area contributed by atoms with Crippen LogP contribution >= 0.6 is 0 Å². The van der Waals surface area contributed by atoms with Crippen molar-refractivity contribution in [2.75, 3.05) is 33.1 Å². The molecule has 1 aliphatic rings. The molecule has 0 spiro atoms. The molecular weight excluding hydrogens is 262 g/mol. The van der Waals surface area contributed by atoms with Crippen LogP contribution < -0.4 is 10.2 Å². The minimum Gasteiger partial charge on any atom is -0.378 e. The summed E-state index contributed by atoms with van der Waals surface area (Å²) in [6.07, 6.45) is 4.48. The third-order valence-corrected chi connectivity index (χ3v) is 4.60. The molecule has 0 unspecified atom stereocenters. The zero-order valence-corrected chi connectivity index (χ0v) is 13.6. The Kier molecular flexibility index (Phi) is 5.23. The number of carbonyl (C=O) groups excluding carboxylic acids is 1. The highest BCUT2D eigenvalue weighted by atomic mass is 16.2. The van der Waals surface area contributed by atoms with Crippen LogP contribution in [-0.4, -0.2) is 51.1 Å². The number of amides is 1. The third kappa shape index (κ3) is 3.76. The van der Waals surface area contributed by atoms with E-state index in [0.717, 1.165) is 36.9 Å². The van der Waals surface area contributed by atoms with Crippen LogP contribution in [0.5, 0.6) is 0 Å². The van der Waals surface area contributed by atoms with Gasteiger partial charge in [-0.3, -0.25) is 4.79 Å². The van der Waals surface area contributed by atoms with E-state index in [4.69, 9.17) is 0 Å². The molecule has 1 amide bonds. The highest BCUT2D eigenvalue weighted by Gasteiger charge is 2.26. The molecule has 0 heterocycles. The Morgan fingerprint density at radius 3 is 2.10 bits per heavy atom. The molecule has 0 bridgehead atoms. The topological polar surface area (TPSA) is 35.6 Å². The zero-order chi connectivity index (χ0) is 15.4. The molecule has 0 saturated heterocycles. The number of rotatable bonds is 4. The highest BCUT2D eigenvalue weighted by Crippen LogP contribution is 2.24. The molecule has 0 radical (unpaired) electrons. The molecule has 1 aliphatic carbocycles. The summed E-state index contributed by atoms with van der Waals surface area (Å²) in [5.41, 5.74) is 1.89. The fraction of sp³-hybridized carbons (Fsp3) is 0.588. The Bertz CT molecular complexity index is 461. The van der Waals surface area contributed by atoms with Crippen LogP contribution in [0.4, 0.5) is 5.69 Å². The number of nitrogens with one attached hydrogen (secondary N) is 1. The van der Waals surface area contributed by atoms with Gasteiger partial charge in [-0.25, -0.2) is 0 Å². The molecule has 0 atom stereocenters. The molecule has 0 aromatic heterocycles. The number of benzene rings is 1. The van der Waals surface area contributed by atoms with E-state index in [1.54, 1.807) is 0 Å². The maximum absolute atomic E-state index is 12.6. The number of anilines is 1. The van der Waals surface area contributed by atoms with Gasteiger partial charge >= 0.3 is 0 Å². The first-order valence-electron chi connectivity index (χ1n) is 7.74. The second-order valence-corrected chi connectivity index (χ2v) is 6.15. The van der Waals surface area contributed by atoms with Crippen molar-refractivity contribution in [3.63, 3.8) is 0 Å². The summed E-state index contributed by atoms with van der Waals surface area (Å²) in [6.45, 7) is 0. The van der Waals surface area contributed by atoms with Gasteiger partial charge < -0.3 is 15.1 Å². The lowest BCUT2D eigenvalue weighted by atomic mass is 9.90. The van der Waals surface area contributed by atoms with E-state index in [-0.39, 0.29) is 5.91 Å². The predicted octanol–water partition coefficient (Wildman–Crippen LogP) is 2.36. The summed E-state index contributed by atoms with van der Waals surface area (Å²) in [4.78, 5) is 16.5. The van der Waals surface area contributed by atoms with Gasteiger partial charge in [0.15, 0.2) is 0 Å². The Morgan fingerprint density at radius 1 is 1.05 bits per heavy atom. The molecule has 116 valence electrons. The Morgan fingerprint density at radius 2 is 1.62 bits per heavy atom. The molecule has 1 aromatic rings. The summed E-state index contributed by atoms with van der Waals surface area (Å²) >= 11 is 0. The Balaban J connectivity index is 1.99. The van der Waals surface area contributed by atoms with Crippen molar-refractivity contribution < 1.29 is 4.79 Å². The van der Waals surface area contributed by atoms with Gasteiger partial charge in [0.25, 0.3) is 5.91 Å². The fourth-order valence-corrected chi connectivity index (χ4v) is 3.02. The van der Waals surface area contributed by atoms with Crippen LogP contribution in [0, 0.1) is 0 Å².